The van der Waals surface area contributed by atoms with Crippen LogP contribution < -0.4 is 16.0 Å². The monoisotopic (exact) mass is 817 g/mol. The first-order chi connectivity index (χ1) is 23.6. The zero-order chi connectivity index (χ0) is 37.5. The van der Waals surface area contributed by atoms with E-state index < -0.39 is 24.0 Å². The lowest BCUT2D eigenvalue weighted by atomic mass is 9.89. The number of alkyl halides is 1. The molecule has 3 N–H and O–H groups in total. The zero-order valence-corrected chi connectivity index (χ0v) is 32.6. The first-order valence-electron chi connectivity index (χ1n) is 17.1. The van der Waals surface area contributed by atoms with E-state index in [1.165, 1.54) is 0 Å². The van der Waals surface area contributed by atoms with Gasteiger partial charge in [0.25, 0.3) is 0 Å². The minimum Gasteiger partial charge on any atom is -0.465 e. The van der Waals surface area contributed by atoms with Crippen LogP contribution in [-0.4, -0.2) is 85.5 Å². The maximum atomic E-state index is 13.0. The summed E-state index contributed by atoms with van der Waals surface area (Å²) in [7, 11) is 0. The average molecular weight is 818 g/mol. The maximum Gasteiger partial charge on any atom is 0.407 e. The molecule has 0 fully saturated rings. The highest BCUT2D eigenvalue weighted by Crippen LogP contribution is 2.18. The Morgan fingerprint density at radius 1 is 0.780 bits per heavy atom. The number of esters is 1. The second kappa shape index (κ2) is 24.9. The lowest BCUT2D eigenvalue weighted by molar-refractivity contribution is -0.146. The van der Waals surface area contributed by atoms with Gasteiger partial charge in [0, 0.05) is 50.4 Å². The molecule has 0 saturated heterocycles. The summed E-state index contributed by atoms with van der Waals surface area (Å²) < 4.78 is 21.8. The van der Waals surface area contributed by atoms with Gasteiger partial charge in [0.05, 0.1) is 30.9 Å². The van der Waals surface area contributed by atoms with Gasteiger partial charge in [0.15, 0.2) is 0 Å². The van der Waals surface area contributed by atoms with E-state index in [-0.39, 0.29) is 73.8 Å². The van der Waals surface area contributed by atoms with Gasteiger partial charge < -0.3 is 34.9 Å². The quantitative estimate of drug-likeness (QED) is 0.0517. The molecule has 0 aliphatic carbocycles. The highest BCUT2D eigenvalue weighted by atomic mass is 127. The smallest absolute Gasteiger partial charge is 0.407 e. The van der Waals surface area contributed by atoms with Crippen LogP contribution in [0.2, 0.25) is 0 Å². The molecule has 2 atom stereocenters. The molecule has 0 aliphatic heterocycles. The fraction of sp³-hybridized carbons (Fsp3) is 0.667. The summed E-state index contributed by atoms with van der Waals surface area (Å²) in [6, 6.07) is 5.86. The molecule has 0 aliphatic rings. The number of ketones is 2. The molecule has 0 radical (unpaired) electrons. The minimum atomic E-state index is -0.853. The van der Waals surface area contributed by atoms with Crippen molar-refractivity contribution in [1.82, 2.24) is 10.6 Å². The Labute approximate surface area is 310 Å². The number of hydrogen-bond acceptors (Lipinski definition) is 10. The molecule has 14 heteroatoms. The van der Waals surface area contributed by atoms with Gasteiger partial charge in [-0.05, 0) is 48.8 Å². The number of amides is 3. The largest absolute Gasteiger partial charge is 0.465 e. The number of alkyl carbamates (subject to hydrolysis) is 1. The Kier molecular flexibility index (Phi) is 22.4. The normalized spacial score (nSPS) is 12.5. The Morgan fingerprint density at radius 3 is 2.06 bits per heavy atom. The third-order valence-electron chi connectivity index (χ3n) is 7.22. The van der Waals surface area contributed by atoms with Crippen molar-refractivity contribution < 1.29 is 47.7 Å². The van der Waals surface area contributed by atoms with Crippen LogP contribution in [0.25, 0.3) is 0 Å². The summed E-state index contributed by atoms with van der Waals surface area (Å²) in [5.41, 5.74) is 1.09. The fourth-order valence-corrected chi connectivity index (χ4v) is 4.62. The molecule has 0 spiro atoms. The molecule has 13 nitrogen and oxygen atoms in total. The second-order valence-electron chi connectivity index (χ2n) is 13.6. The zero-order valence-electron chi connectivity index (χ0n) is 30.4. The lowest BCUT2D eigenvalue weighted by Gasteiger charge is -2.22. The number of rotatable bonds is 25. The van der Waals surface area contributed by atoms with E-state index in [0.717, 1.165) is 0 Å². The number of anilines is 1. The Bertz CT molecular complexity index is 1220. The van der Waals surface area contributed by atoms with Crippen molar-refractivity contribution in [2.75, 3.05) is 49.3 Å². The Hall–Kier alpha value is -3.11. The van der Waals surface area contributed by atoms with Gasteiger partial charge in [-0.25, -0.2) is 4.79 Å². The number of benzene rings is 1. The van der Waals surface area contributed by atoms with E-state index in [9.17, 15) is 28.8 Å². The van der Waals surface area contributed by atoms with Crippen molar-refractivity contribution >= 4 is 63.7 Å². The van der Waals surface area contributed by atoms with Crippen LogP contribution in [0, 0.1) is 17.3 Å². The highest BCUT2D eigenvalue weighted by Gasteiger charge is 2.27. The van der Waals surface area contributed by atoms with Crippen LogP contribution in [0.1, 0.15) is 85.6 Å². The first kappa shape index (κ1) is 44.9. The summed E-state index contributed by atoms with van der Waals surface area (Å²) >= 11 is 2.04. The number of nitrogens with one attached hydrogen (secondary N) is 3. The number of carbonyl (C=O) groups excluding carboxylic acids is 6. The van der Waals surface area contributed by atoms with Crippen molar-refractivity contribution in [2.24, 2.45) is 17.3 Å². The summed E-state index contributed by atoms with van der Waals surface area (Å²) in [5.74, 6) is -1.74. The minimum absolute atomic E-state index is 0.0129. The van der Waals surface area contributed by atoms with Gasteiger partial charge in [-0.3, -0.25) is 24.0 Å². The van der Waals surface area contributed by atoms with E-state index in [0.29, 0.717) is 61.4 Å². The molecule has 1 rings (SSSR count). The maximum absolute atomic E-state index is 13.0. The fourth-order valence-electron chi connectivity index (χ4n) is 4.24. The van der Waals surface area contributed by atoms with Gasteiger partial charge in [-0.15, -0.1) is 0 Å². The molecule has 0 unspecified atom stereocenters. The first-order valence-corrected chi connectivity index (χ1v) is 18.6. The summed E-state index contributed by atoms with van der Waals surface area (Å²) in [6.45, 7) is 13.2. The van der Waals surface area contributed by atoms with Crippen LogP contribution in [0.15, 0.2) is 24.3 Å². The van der Waals surface area contributed by atoms with Crippen LogP contribution in [0.5, 0.6) is 0 Å². The van der Waals surface area contributed by atoms with Crippen LogP contribution in [0.4, 0.5) is 10.5 Å². The van der Waals surface area contributed by atoms with Crippen LogP contribution >= 0.6 is 22.6 Å². The summed E-state index contributed by atoms with van der Waals surface area (Å²) in [4.78, 5) is 73.4. The van der Waals surface area contributed by atoms with Gasteiger partial charge in [-0.1, -0.05) is 69.3 Å². The Balaban J connectivity index is 2.35. The van der Waals surface area contributed by atoms with E-state index in [1.54, 1.807) is 31.2 Å². The predicted octanol–water partition coefficient (Wildman–Crippen LogP) is 5.16. The van der Waals surface area contributed by atoms with Gasteiger partial charge in [0.2, 0.25) is 11.8 Å². The van der Waals surface area contributed by atoms with Crippen molar-refractivity contribution in [3.63, 3.8) is 0 Å². The van der Waals surface area contributed by atoms with Crippen molar-refractivity contribution in [2.45, 2.75) is 92.7 Å². The summed E-state index contributed by atoms with van der Waals surface area (Å²) in [5, 5.41) is 8.07. The van der Waals surface area contributed by atoms with Crippen LogP contribution in [-0.2, 0) is 49.5 Å². The number of carbonyl (C=O) groups is 6. The number of hydrogen-bond donors (Lipinski definition) is 3. The van der Waals surface area contributed by atoms with Crippen molar-refractivity contribution in [3.05, 3.63) is 29.8 Å². The number of halogens is 1. The SMILES string of the molecule is CC(C)[C@H](CC(=O)CCOCCOCCCC(=O)CI)C(=O)N[C@@H](C)C(=O)Nc1ccc(COC(=O)NCCCC(=O)OCC(C)(C)C)cc1. The third kappa shape index (κ3) is 21.9. The van der Waals surface area contributed by atoms with E-state index in [1.807, 2.05) is 57.2 Å². The molecule has 0 bridgehead atoms. The average Bonchev–Trinajstić information content (AvgIpc) is 3.06. The van der Waals surface area contributed by atoms with Gasteiger partial charge in [-0.2, -0.15) is 0 Å². The van der Waals surface area contributed by atoms with E-state index in [2.05, 4.69) is 16.0 Å². The van der Waals surface area contributed by atoms with E-state index in [4.69, 9.17) is 18.9 Å². The molecule has 1 aromatic rings. The van der Waals surface area contributed by atoms with Gasteiger partial charge in [0.1, 0.15) is 24.2 Å². The van der Waals surface area contributed by atoms with Crippen molar-refractivity contribution in [3.8, 4) is 0 Å². The van der Waals surface area contributed by atoms with Crippen LogP contribution in [0.3, 0.4) is 0 Å². The van der Waals surface area contributed by atoms with Gasteiger partial charge >= 0.3 is 12.1 Å². The summed E-state index contributed by atoms with van der Waals surface area (Å²) in [6.07, 6.45) is 1.40. The topological polar surface area (TPSA) is 175 Å². The van der Waals surface area contributed by atoms with Crippen molar-refractivity contribution in [1.29, 1.82) is 0 Å². The number of ether oxygens (including phenoxy) is 4. The molecule has 0 aromatic heterocycles. The molecule has 1 aromatic carbocycles. The highest BCUT2D eigenvalue weighted by molar-refractivity contribution is 14.1. The van der Waals surface area contributed by atoms with E-state index >= 15 is 0 Å². The third-order valence-corrected chi connectivity index (χ3v) is 8.07. The number of Topliss-reactive ketones (excluding diaryl/α,β-unsaturated/α-hetero) is 2. The molecular formula is C36H56IN3O10. The second-order valence-corrected chi connectivity index (χ2v) is 14.4. The molecule has 3 amide bonds. The lowest BCUT2D eigenvalue weighted by Crippen LogP contribution is -2.45. The molecule has 50 heavy (non-hydrogen) atoms. The predicted molar refractivity (Wildman–Crippen MR) is 198 cm³/mol. The molecule has 282 valence electrons. The standard InChI is InChI=1S/C36H56IN3O10/c1-25(2)31(21-29(41)15-18-48-20-19-47-17-8-9-30(42)22-37)34(45)39-26(3)33(44)40-28-13-11-27(12-14-28)23-49-35(46)38-16-7-10-32(43)50-24-36(4,5)6/h11-14,25-26,31H,7-10,15-24H2,1-6H3,(H,38,46)(H,39,45)(H,40,44)/t26-,31-/m0/s1. The molecular weight excluding hydrogens is 761 g/mol. The molecule has 0 saturated carbocycles. The molecule has 0 heterocycles. The Morgan fingerprint density at radius 2 is 1.44 bits per heavy atom.